The number of methoxy groups -OCH3 is 1. The van der Waals surface area contributed by atoms with Crippen LogP contribution in [0.4, 0.5) is 10.7 Å². The van der Waals surface area contributed by atoms with Gasteiger partial charge in [-0.15, -0.1) is 0 Å². The molecule has 160 valence electrons. The number of hydrogen-bond donors (Lipinski definition) is 0. The van der Waals surface area contributed by atoms with E-state index in [0.29, 0.717) is 24.0 Å². The number of ether oxygens (including phenoxy) is 2. The number of anilines is 1. The van der Waals surface area contributed by atoms with E-state index in [-0.39, 0.29) is 12.1 Å². The quantitative estimate of drug-likeness (QED) is 0.696. The van der Waals surface area contributed by atoms with E-state index in [1.807, 2.05) is 25.7 Å². The highest BCUT2D eigenvalue weighted by molar-refractivity contribution is 5.88. The van der Waals surface area contributed by atoms with Crippen molar-refractivity contribution in [3.8, 4) is 0 Å². The first-order chi connectivity index (χ1) is 13.8. The van der Waals surface area contributed by atoms with E-state index >= 15 is 0 Å². The van der Waals surface area contributed by atoms with E-state index in [1.54, 1.807) is 0 Å². The van der Waals surface area contributed by atoms with Crippen LogP contribution in [0, 0.1) is 5.92 Å². The van der Waals surface area contributed by atoms with E-state index in [0.717, 1.165) is 25.9 Å². The van der Waals surface area contributed by atoms with Gasteiger partial charge in [0, 0.05) is 32.0 Å². The molecule has 0 aromatic carbocycles. The molecule has 1 aliphatic carbocycles. The highest BCUT2D eigenvalue weighted by atomic mass is 16.6. The third-order valence-electron chi connectivity index (χ3n) is 5.49. The van der Waals surface area contributed by atoms with Crippen molar-refractivity contribution in [2.24, 2.45) is 5.92 Å². The molecule has 0 spiro atoms. The molecule has 0 radical (unpaired) electrons. The van der Waals surface area contributed by atoms with E-state index in [4.69, 9.17) is 9.47 Å². The van der Waals surface area contributed by atoms with Crippen LogP contribution in [0.3, 0.4) is 0 Å². The first-order valence-corrected chi connectivity index (χ1v) is 10.4. The molecule has 1 saturated heterocycles. The Bertz CT molecular complexity index is 712. The zero-order chi connectivity index (χ0) is 21.0. The maximum atomic E-state index is 12.9. The second-order valence-corrected chi connectivity index (χ2v) is 8.94. The minimum absolute atomic E-state index is 0.0584. The van der Waals surface area contributed by atoms with Crippen molar-refractivity contribution in [3.05, 3.63) is 18.0 Å². The number of esters is 1. The molecule has 1 atom stereocenters. The number of hydrogen-bond acceptors (Lipinski definition) is 7. The van der Waals surface area contributed by atoms with Gasteiger partial charge in [0.25, 0.3) is 0 Å². The first-order valence-electron chi connectivity index (χ1n) is 10.4. The summed E-state index contributed by atoms with van der Waals surface area (Å²) in [5.74, 6) is 0.674. The van der Waals surface area contributed by atoms with Crippen LogP contribution in [0.5, 0.6) is 0 Å². The number of carbonyl (C=O) groups excluding carboxylic acids is 2. The molecule has 2 heterocycles. The molecule has 8 heteroatoms. The topological polar surface area (TPSA) is 84.9 Å². The molecular weight excluding hydrogens is 372 g/mol. The third-order valence-corrected chi connectivity index (χ3v) is 5.49. The average Bonchev–Trinajstić information content (AvgIpc) is 2.65. The molecule has 0 bridgehead atoms. The largest absolute Gasteiger partial charge is 0.465 e. The highest BCUT2D eigenvalue weighted by Crippen LogP contribution is 2.30. The first kappa shape index (κ1) is 21.3. The summed E-state index contributed by atoms with van der Waals surface area (Å²) in [4.78, 5) is 37.2. The standard InChI is InChI=1S/C21H32N4O4/c1-21(2,3)29-20(27)25(13-15-7-5-8-15)17-9-6-10-24(14-17)19-22-11-16(12-23-19)18(26)28-4/h11-12,15,17H,5-10,13-14H2,1-4H3. The third kappa shape index (κ3) is 5.58. The van der Waals surface area contributed by atoms with Crippen LogP contribution < -0.4 is 4.90 Å². The molecule has 3 rings (SSSR count). The second-order valence-electron chi connectivity index (χ2n) is 8.94. The SMILES string of the molecule is COC(=O)c1cnc(N2CCCC(N(CC3CCC3)C(=O)OC(C)(C)C)C2)nc1. The van der Waals surface area contributed by atoms with Crippen molar-refractivity contribution in [2.75, 3.05) is 31.6 Å². The van der Waals surface area contributed by atoms with E-state index in [2.05, 4.69) is 14.9 Å². The highest BCUT2D eigenvalue weighted by Gasteiger charge is 2.35. The molecule has 1 aliphatic heterocycles. The normalized spacial score (nSPS) is 20.0. The molecular formula is C21H32N4O4. The van der Waals surface area contributed by atoms with Crippen LogP contribution in [-0.4, -0.2) is 65.3 Å². The Balaban J connectivity index is 1.71. The molecule has 2 fully saturated rings. The predicted molar refractivity (Wildman–Crippen MR) is 109 cm³/mol. The summed E-state index contributed by atoms with van der Waals surface area (Å²) >= 11 is 0. The number of amides is 1. The summed E-state index contributed by atoms with van der Waals surface area (Å²) < 4.78 is 10.4. The fourth-order valence-corrected chi connectivity index (χ4v) is 3.75. The Hall–Kier alpha value is -2.38. The molecule has 1 amide bonds. The number of aromatic nitrogens is 2. The molecule has 1 aromatic rings. The smallest absolute Gasteiger partial charge is 0.410 e. The van der Waals surface area contributed by atoms with Crippen LogP contribution in [-0.2, 0) is 9.47 Å². The number of rotatable bonds is 5. The van der Waals surface area contributed by atoms with Gasteiger partial charge in [-0.05, 0) is 52.4 Å². The lowest BCUT2D eigenvalue weighted by atomic mass is 9.84. The van der Waals surface area contributed by atoms with Gasteiger partial charge in [-0.25, -0.2) is 19.6 Å². The van der Waals surface area contributed by atoms with Crippen molar-refractivity contribution < 1.29 is 19.1 Å². The van der Waals surface area contributed by atoms with Crippen molar-refractivity contribution in [2.45, 2.75) is 64.5 Å². The Morgan fingerprint density at radius 1 is 1.17 bits per heavy atom. The van der Waals surface area contributed by atoms with Crippen molar-refractivity contribution in [1.82, 2.24) is 14.9 Å². The molecule has 29 heavy (non-hydrogen) atoms. The van der Waals surface area contributed by atoms with Gasteiger partial charge in [-0.2, -0.15) is 0 Å². The Labute approximate surface area is 172 Å². The van der Waals surface area contributed by atoms with Crippen molar-refractivity contribution in [3.63, 3.8) is 0 Å². The minimum atomic E-state index is -0.518. The monoisotopic (exact) mass is 404 g/mol. The molecule has 2 aliphatic rings. The average molecular weight is 405 g/mol. The van der Waals surface area contributed by atoms with Gasteiger partial charge in [-0.1, -0.05) is 6.42 Å². The molecule has 1 saturated carbocycles. The summed E-state index contributed by atoms with van der Waals surface area (Å²) in [6.45, 7) is 7.92. The lowest BCUT2D eigenvalue weighted by molar-refractivity contribution is 0.00729. The molecule has 1 aromatic heterocycles. The minimum Gasteiger partial charge on any atom is -0.465 e. The zero-order valence-corrected chi connectivity index (χ0v) is 17.9. The Kier molecular flexibility index (Phi) is 6.59. The Morgan fingerprint density at radius 3 is 2.41 bits per heavy atom. The van der Waals surface area contributed by atoms with Crippen molar-refractivity contribution in [1.29, 1.82) is 0 Å². The molecule has 1 unspecified atom stereocenters. The summed E-state index contributed by atoms with van der Waals surface area (Å²) in [5.41, 5.74) is -0.193. The van der Waals surface area contributed by atoms with Gasteiger partial charge in [0.15, 0.2) is 0 Å². The summed E-state index contributed by atoms with van der Waals surface area (Å²) in [6, 6.07) is 0.0584. The lowest BCUT2D eigenvalue weighted by Crippen LogP contribution is -2.53. The lowest BCUT2D eigenvalue weighted by Gasteiger charge is -2.42. The summed E-state index contributed by atoms with van der Waals surface area (Å²) in [6.07, 6.45) is 8.19. The van der Waals surface area contributed by atoms with Gasteiger partial charge in [0.1, 0.15) is 5.60 Å². The van der Waals surface area contributed by atoms with Crippen LogP contribution >= 0.6 is 0 Å². The predicted octanol–water partition coefficient (Wildman–Crippen LogP) is 3.27. The maximum absolute atomic E-state index is 12.9. The van der Waals surface area contributed by atoms with E-state index in [1.165, 1.54) is 38.8 Å². The number of nitrogens with zero attached hydrogens (tertiary/aromatic N) is 4. The van der Waals surface area contributed by atoms with Gasteiger partial charge in [0.2, 0.25) is 5.95 Å². The zero-order valence-electron chi connectivity index (χ0n) is 17.9. The fourth-order valence-electron chi connectivity index (χ4n) is 3.75. The van der Waals surface area contributed by atoms with Gasteiger partial charge in [0.05, 0.1) is 18.7 Å². The molecule has 0 N–H and O–H groups in total. The number of piperidine rings is 1. The van der Waals surface area contributed by atoms with E-state index in [9.17, 15) is 9.59 Å². The maximum Gasteiger partial charge on any atom is 0.410 e. The summed E-state index contributed by atoms with van der Waals surface area (Å²) in [7, 11) is 1.33. The second kappa shape index (κ2) is 8.97. The Morgan fingerprint density at radius 2 is 1.86 bits per heavy atom. The van der Waals surface area contributed by atoms with Crippen LogP contribution in [0.2, 0.25) is 0 Å². The molecule has 8 nitrogen and oxygen atoms in total. The number of carbonyl (C=O) groups is 2. The van der Waals surface area contributed by atoms with Crippen LogP contribution in [0.25, 0.3) is 0 Å². The van der Waals surface area contributed by atoms with Crippen LogP contribution in [0.1, 0.15) is 63.2 Å². The van der Waals surface area contributed by atoms with Crippen molar-refractivity contribution >= 4 is 18.0 Å². The fraction of sp³-hybridized carbons (Fsp3) is 0.714. The van der Waals surface area contributed by atoms with Crippen LogP contribution in [0.15, 0.2) is 12.4 Å². The summed E-state index contributed by atoms with van der Waals surface area (Å²) in [5, 5.41) is 0. The van der Waals surface area contributed by atoms with Gasteiger partial charge in [-0.3, -0.25) is 0 Å². The van der Waals surface area contributed by atoms with Gasteiger partial charge >= 0.3 is 12.1 Å². The van der Waals surface area contributed by atoms with Gasteiger partial charge < -0.3 is 19.3 Å². The van der Waals surface area contributed by atoms with E-state index < -0.39 is 11.6 Å².